The second-order valence-corrected chi connectivity index (χ2v) is 3.68. The van der Waals surface area contributed by atoms with Crippen molar-refractivity contribution in [3.8, 4) is 0 Å². The number of rotatable bonds is 5. The van der Waals surface area contributed by atoms with Crippen LogP contribution in [-0.2, 0) is 0 Å². The van der Waals surface area contributed by atoms with Crippen molar-refractivity contribution in [3.63, 3.8) is 0 Å². The molecule has 0 saturated carbocycles. The fourth-order valence-corrected chi connectivity index (χ4v) is 0.663. The van der Waals surface area contributed by atoms with Crippen LogP contribution in [0, 0.1) is 0 Å². The predicted molar refractivity (Wildman–Crippen MR) is 48.7 cm³/mol. The molecule has 0 amide bonds. The Balaban J connectivity index is 3.52. The van der Waals surface area contributed by atoms with Gasteiger partial charge in [-0.25, -0.2) is 0 Å². The zero-order chi connectivity index (χ0) is 8.91. The Bertz CT molecular complexity index is 102. The summed E-state index contributed by atoms with van der Waals surface area (Å²) in [4.78, 5) is 0. The highest BCUT2D eigenvalue weighted by Gasteiger charge is 2.14. The molecular formula is C9H21NO. The van der Waals surface area contributed by atoms with Gasteiger partial charge < -0.3 is 10.4 Å². The first-order valence-electron chi connectivity index (χ1n) is 4.45. The fraction of sp³-hybridized carbons (Fsp3) is 1.00. The van der Waals surface area contributed by atoms with Crippen molar-refractivity contribution in [1.82, 2.24) is 5.32 Å². The molecule has 2 heteroatoms. The zero-order valence-electron chi connectivity index (χ0n) is 8.15. The molecule has 68 valence electrons. The van der Waals surface area contributed by atoms with E-state index in [1.54, 1.807) is 0 Å². The summed E-state index contributed by atoms with van der Waals surface area (Å²) >= 11 is 0. The third kappa shape index (κ3) is 5.22. The van der Waals surface area contributed by atoms with E-state index < -0.39 is 0 Å². The fourth-order valence-electron chi connectivity index (χ4n) is 0.663. The normalized spacial score (nSPS) is 15.0. The van der Waals surface area contributed by atoms with E-state index in [1.165, 1.54) is 0 Å². The Morgan fingerprint density at radius 1 is 1.36 bits per heavy atom. The minimum absolute atomic E-state index is 0.163. The van der Waals surface area contributed by atoms with E-state index in [2.05, 4.69) is 26.1 Å². The molecule has 0 fully saturated rings. The molecule has 1 unspecified atom stereocenters. The first-order valence-corrected chi connectivity index (χ1v) is 4.45. The monoisotopic (exact) mass is 159 g/mol. The number of hydrogen-bond donors (Lipinski definition) is 2. The van der Waals surface area contributed by atoms with Gasteiger partial charge in [-0.3, -0.25) is 0 Å². The van der Waals surface area contributed by atoms with Crippen LogP contribution in [0.3, 0.4) is 0 Å². The van der Waals surface area contributed by atoms with Crippen LogP contribution >= 0.6 is 0 Å². The van der Waals surface area contributed by atoms with Crippen molar-refractivity contribution in [1.29, 1.82) is 0 Å². The van der Waals surface area contributed by atoms with Gasteiger partial charge in [-0.1, -0.05) is 13.8 Å². The maximum absolute atomic E-state index is 9.25. The van der Waals surface area contributed by atoms with Gasteiger partial charge in [0.1, 0.15) is 0 Å². The molecule has 0 bridgehead atoms. The number of nitrogens with one attached hydrogen (secondary N) is 1. The van der Waals surface area contributed by atoms with Gasteiger partial charge in [0.2, 0.25) is 0 Å². The molecule has 0 heterocycles. The maximum Gasteiger partial charge on any atom is 0.0662 e. The summed E-state index contributed by atoms with van der Waals surface area (Å²) < 4.78 is 0. The third-order valence-corrected chi connectivity index (χ3v) is 2.17. The summed E-state index contributed by atoms with van der Waals surface area (Å²) in [5.41, 5.74) is 0.163. The van der Waals surface area contributed by atoms with Crippen LogP contribution in [0.25, 0.3) is 0 Å². The summed E-state index contributed by atoms with van der Waals surface area (Å²) in [7, 11) is 0. The van der Waals surface area contributed by atoms with Gasteiger partial charge in [0.15, 0.2) is 0 Å². The second-order valence-electron chi connectivity index (χ2n) is 3.68. The number of β-amino-alcohol motifs (C(OH)–C–C–N with tert-alkyl or cyclic N) is 1. The van der Waals surface area contributed by atoms with E-state index in [1.807, 2.05) is 6.92 Å². The molecule has 0 aliphatic heterocycles. The number of aliphatic hydroxyl groups excluding tert-OH is 1. The van der Waals surface area contributed by atoms with Crippen molar-refractivity contribution in [2.45, 2.75) is 52.2 Å². The van der Waals surface area contributed by atoms with E-state index in [9.17, 15) is 5.11 Å². The van der Waals surface area contributed by atoms with Gasteiger partial charge in [-0.15, -0.1) is 0 Å². The van der Waals surface area contributed by atoms with Crippen molar-refractivity contribution < 1.29 is 5.11 Å². The SMILES string of the molecule is CCC(O)CNC(C)(C)CC. The van der Waals surface area contributed by atoms with Crippen molar-refractivity contribution in [2.24, 2.45) is 0 Å². The molecule has 2 nitrogen and oxygen atoms in total. The number of hydrogen-bond acceptors (Lipinski definition) is 2. The lowest BCUT2D eigenvalue weighted by molar-refractivity contribution is 0.154. The second kappa shape index (κ2) is 4.73. The highest BCUT2D eigenvalue weighted by Crippen LogP contribution is 2.06. The topological polar surface area (TPSA) is 32.3 Å². The standard InChI is InChI=1S/C9H21NO/c1-5-8(11)7-10-9(3,4)6-2/h8,10-11H,5-7H2,1-4H3. The van der Waals surface area contributed by atoms with Crippen LogP contribution in [0.2, 0.25) is 0 Å². The van der Waals surface area contributed by atoms with E-state index in [0.29, 0.717) is 6.54 Å². The zero-order valence-corrected chi connectivity index (χ0v) is 8.15. The third-order valence-electron chi connectivity index (χ3n) is 2.17. The van der Waals surface area contributed by atoms with Crippen LogP contribution in [0.1, 0.15) is 40.5 Å². The maximum atomic E-state index is 9.25. The first-order chi connectivity index (χ1) is 5.02. The summed E-state index contributed by atoms with van der Waals surface area (Å²) in [6.07, 6.45) is 1.72. The lowest BCUT2D eigenvalue weighted by Gasteiger charge is -2.25. The van der Waals surface area contributed by atoms with Gasteiger partial charge in [-0.05, 0) is 26.7 Å². The minimum atomic E-state index is -0.194. The molecule has 0 spiro atoms. The molecule has 0 aromatic rings. The summed E-state index contributed by atoms with van der Waals surface area (Å²) in [5.74, 6) is 0. The van der Waals surface area contributed by atoms with Crippen LogP contribution in [0.4, 0.5) is 0 Å². The Kier molecular flexibility index (Phi) is 4.69. The van der Waals surface area contributed by atoms with E-state index >= 15 is 0 Å². The highest BCUT2D eigenvalue weighted by molar-refractivity contribution is 4.76. The molecule has 2 N–H and O–H groups in total. The van der Waals surface area contributed by atoms with Crippen molar-refractivity contribution >= 4 is 0 Å². The van der Waals surface area contributed by atoms with Crippen molar-refractivity contribution in [3.05, 3.63) is 0 Å². The average molecular weight is 159 g/mol. The molecule has 0 aliphatic carbocycles. The van der Waals surface area contributed by atoms with Crippen molar-refractivity contribution in [2.75, 3.05) is 6.54 Å². The lowest BCUT2D eigenvalue weighted by Crippen LogP contribution is -2.42. The van der Waals surface area contributed by atoms with E-state index in [0.717, 1.165) is 12.8 Å². The van der Waals surface area contributed by atoms with Gasteiger partial charge in [0.25, 0.3) is 0 Å². The quantitative estimate of drug-likeness (QED) is 0.637. The van der Waals surface area contributed by atoms with Crippen LogP contribution in [-0.4, -0.2) is 23.3 Å². The number of aliphatic hydroxyl groups is 1. The molecule has 11 heavy (non-hydrogen) atoms. The Morgan fingerprint density at radius 3 is 2.27 bits per heavy atom. The van der Waals surface area contributed by atoms with Gasteiger partial charge in [0, 0.05) is 12.1 Å². The Morgan fingerprint density at radius 2 is 1.91 bits per heavy atom. The molecule has 1 atom stereocenters. The molecule has 0 saturated heterocycles. The summed E-state index contributed by atoms with van der Waals surface area (Å²) in [5, 5.41) is 12.6. The van der Waals surface area contributed by atoms with Crippen LogP contribution < -0.4 is 5.32 Å². The molecule has 0 aromatic heterocycles. The molecule has 0 aromatic carbocycles. The Labute approximate surface area is 70.0 Å². The summed E-state index contributed by atoms with van der Waals surface area (Å²) in [6.45, 7) is 9.14. The minimum Gasteiger partial charge on any atom is -0.392 e. The van der Waals surface area contributed by atoms with Gasteiger partial charge in [-0.2, -0.15) is 0 Å². The first kappa shape index (κ1) is 10.9. The Hall–Kier alpha value is -0.0800. The summed E-state index contributed by atoms with van der Waals surface area (Å²) in [6, 6.07) is 0. The van der Waals surface area contributed by atoms with Gasteiger partial charge >= 0.3 is 0 Å². The smallest absolute Gasteiger partial charge is 0.0662 e. The average Bonchev–Trinajstić information content (AvgIpc) is 2.00. The molecule has 0 radical (unpaired) electrons. The van der Waals surface area contributed by atoms with Gasteiger partial charge in [0.05, 0.1) is 6.10 Å². The van der Waals surface area contributed by atoms with Crippen LogP contribution in [0.5, 0.6) is 0 Å². The predicted octanol–water partition coefficient (Wildman–Crippen LogP) is 1.54. The highest BCUT2D eigenvalue weighted by atomic mass is 16.3. The van der Waals surface area contributed by atoms with Crippen LogP contribution in [0.15, 0.2) is 0 Å². The molecule has 0 rings (SSSR count). The molecule has 0 aliphatic rings. The van der Waals surface area contributed by atoms with E-state index in [-0.39, 0.29) is 11.6 Å². The molecular weight excluding hydrogens is 138 g/mol. The lowest BCUT2D eigenvalue weighted by atomic mass is 10.0. The largest absolute Gasteiger partial charge is 0.392 e. The van der Waals surface area contributed by atoms with E-state index in [4.69, 9.17) is 0 Å².